The van der Waals surface area contributed by atoms with Crippen LogP contribution in [0.1, 0.15) is 27.2 Å². The number of ether oxygens (including phenoxy) is 1. The highest BCUT2D eigenvalue weighted by Crippen LogP contribution is 2.12. The summed E-state index contributed by atoms with van der Waals surface area (Å²) in [5, 5.41) is 17.9. The third-order valence-electron chi connectivity index (χ3n) is 1.57. The molecule has 3 nitrogen and oxygen atoms in total. The lowest BCUT2D eigenvalue weighted by Crippen LogP contribution is -2.39. The van der Waals surface area contributed by atoms with Crippen molar-refractivity contribution in [3.05, 3.63) is 0 Å². The van der Waals surface area contributed by atoms with E-state index in [2.05, 4.69) is 0 Å². The van der Waals surface area contributed by atoms with Crippen LogP contribution in [-0.2, 0) is 4.74 Å². The van der Waals surface area contributed by atoms with E-state index in [1.54, 1.807) is 0 Å². The van der Waals surface area contributed by atoms with Crippen molar-refractivity contribution in [3.8, 4) is 0 Å². The molecule has 0 bridgehead atoms. The van der Waals surface area contributed by atoms with Crippen molar-refractivity contribution in [3.63, 3.8) is 0 Å². The Morgan fingerprint density at radius 3 is 2.09 bits per heavy atom. The number of aliphatic hydroxyl groups excluding tert-OH is 2. The largest absolute Gasteiger partial charge is 0.390 e. The van der Waals surface area contributed by atoms with Crippen molar-refractivity contribution in [2.24, 2.45) is 0 Å². The molecule has 0 aromatic rings. The lowest BCUT2D eigenvalue weighted by Gasteiger charge is -2.27. The van der Waals surface area contributed by atoms with Crippen LogP contribution >= 0.6 is 0 Å². The van der Waals surface area contributed by atoms with E-state index in [4.69, 9.17) is 14.9 Å². The molecular weight excluding hydrogens is 144 g/mol. The molecule has 1 aliphatic rings. The second-order valence-electron chi connectivity index (χ2n) is 2.51. The Hall–Kier alpha value is -0.120. The number of hydrogen-bond donors (Lipinski definition) is 2. The molecular formula is C8H18O3. The zero-order valence-corrected chi connectivity index (χ0v) is 7.45. The first kappa shape index (κ1) is 10.9. The third kappa shape index (κ3) is 3.70. The van der Waals surface area contributed by atoms with Crippen LogP contribution in [0, 0.1) is 0 Å². The van der Waals surface area contributed by atoms with Crippen molar-refractivity contribution < 1.29 is 14.9 Å². The van der Waals surface area contributed by atoms with Crippen LogP contribution in [0.4, 0.5) is 0 Å². The van der Waals surface area contributed by atoms with E-state index in [1.807, 2.05) is 20.8 Å². The number of rotatable bonds is 0. The molecule has 1 rings (SSSR count). The van der Waals surface area contributed by atoms with E-state index in [9.17, 15) is 0 Å². The van der Waals surface area contributed by atoms with Gasteiger partial charge >= 0.3 is 0 Å². The van der Waals surface area contributed by atoms with Gasteiger partial charge in [0.25, 0.3) is 0 Å². The average Bonchev–Trinajstić information content (AvgIpc) is 2.02. The Morgan fingerprint density at radius 1 is 1.18 bits per heavy atom. The van der Waals surface area contributed by atoms with Gasteiger partial charge in [0.15, 0.2) is 0 Å². The fraction of sp³-hybridized carbons (Fsp3) is 1.00. The quantitative estimate of drug-likeness (QED) is 0.546. The minimum Gasteiger partial charge on any atom is -0.390 e. The maximum absolute atomic E-state index is 9.02. The van der Waals surface area contributed by atoms with Gasteiger partial charge in [-0.1, -0.05) is 13.8 Å². The lowest BCUT2D eigenvalue weighted by atomic mass is 10.1. The van der Waals surface area contributed by atoms with Gasteiger partial charge in [-0.25, -0.2) is 0 Å². The third-order valence-corrected chi connectivity index (χ3v) is 1.57. The van der Waals surface area contributed by atoms with Gasteiger partial charge in [0.2, 0.25) is 0 Å². The Labute approximate surface area is 68.0 Å². The Morgan fingerprint density at radius 2 is 1.73 bits per heavy atom. The second kappa shape index (κ2) is 5.52. The zero-order chi connectivity index (χ0) is 8.85. The average molecular weight is 162 g/mol. The van der Waals surface area contributed by atoms with Crippen molar-refractivity contribution in [2.45, 2.75) is 45.5 Å². The number of aliphatic hydroxyl groups is 2. The maximum Gasteiger partial charge on any atom is 0.103 e. The molecule has 1 aliphatic heterocycles. The molecule has 0 saturated carbocycles. The standard InChI is InChI=1S/C6H12O3.C2H6/c1-4-2-5(7)6(8)3-9-4;1-2/h4-8H,2-3H2,1H3;1-2H3. The van der Waals surface area contributed by atoms with E-state index < -0.39 is 12.2 Å². The highest BCUT2D eigenvalue weighted by molar-refractivity contribution is 4.74. The molecule has 1 heterocycles. The molecule has 0 spiro atoms. The smallest absolute Gasteiger partial charge is 0.103 e. The van der Waals surface area contributed by atoms with Crippen molar-refractivity contribution in [2.75, 3.05) is 6.61 Å². The van der Waals surface area contributed by atoms with E-state index in [-0.39, 0.29) is 12.7 Å². The minimum atomic E-state index is -0.679. The van der Waals surface area contributed by atoms with Gasteiger partial charge in [-0.3, -0.25) is 0 Å². The molecule has 0 radical (unpaired) electrons. The fourth-order valence-electron chi connectivity index (χ4n) is 0.939. The summed E-state index contributed by atoms with van der Waals surface area (Å²) in [6.45, 7) is 6.15. The molecule has 11 heavy (non-hydrogen) atoms. The molecule has 1 saturated heterocycles. The molecule has 0 amide bonds. The molecule has 0 aromatic heterocycles. The summed E-state index contributed by atoms with van der Waals surface area (Å²) in [6, 6.07) is 0. The summed E-state index contributed by atoms with van der Waals surface area (Å²) in [7, 11) is 0. The summed E-state index contributed by atoms with van der Waals surface area (Å²) in [5.74, 6) is 0. The molecule has 0 aliphatic carbocycles. The summed E-state index contributed by atoms with van der Waals surface area (Å²) in [6.07, 6.45) is -0.639. The molecule has 68 valence electrons. The van der Waals surface area contributed by atoms with Crippen LogP contribution in [0.3, 0.4) is 0 Å². The van der Waals surface area contributed by atoms with Gasteiger partial charge < -0.3 is 14.9 Å². The lowest BCUT2D eigenvalue weighted by molar-refractivity contribution is -0.115. The van der Waals surface area contributed by atoms with Crippen LogP contribution in [0.15, 0.2) is 0 Å². The highest BCUT2D eigenvalue weighted by Gasteiger charge is 2.25. The molecule has 3 heteroatoms. The normalized spacial score (nSPS) is 37.4. The maximum atomic E-state index is 9.02. The Bertz CT molecular complexity index is 95.3. The zero-order valence-electron chi connectivity index (χ0n) is 7.45. The van der Waals surface area contributed by atoms with Crippen LogP contribution in [0.25, 0.3) is 0 Å². The Balaban J connectivity index is 0.000000461. The van der Waals surface area contributed by atoms with Gasteiger partial charge in [0.05, 0.1) is 18.8 Å². The van der Waals surface area contributed by atoms with Crippen LogP contribution < -0.4 is 0 Å². The molecule has 1 fully saturated rings. The second-order valence-corrected chi connectivity index (χ2v) is 2.51. The molecule has 3 unspecified atom stereocenters. The highest BCUT2D eigenvalue weighted by atomic mass is 16.5. The molecule has 0 aromatic carbocycles. The van der Waals surface area contributed by atoms with Gasteiger partial charge in [-0.2, -0.15) is 0 Å². The van der Waals surface area contributed by atoms with Crippen molar-refractivity contribution >= 4 is 0 Å². The fourth-order valence-corrected chi connectivity index (χ4v) is 0.939. The predicted molar refractivity (Wildman–Crippen MR) is 43.4 cm³/mol. The van der Waals surface area contributed by atoms with E-state index in [1.165, 1.54) is 0 Å². The summed E-state index contributed by atoms with van der Waals surface area (Å²) < 4.78 is 5.05. The Kier molecular flexibility index (Phi) is 5.46. The SMILES string of the molecule is CC.CC1CC(O)C(O)CO1. The van der Waals surface area contributed by atoms with Gasteiger partial charge in [0.1, 0.15) is 6.10 Å². The van der Waals surface area contributed by atoms with Crippen molar-refractivity contribution in [1.29, 1.82) is 0 Å². The van der Waals surface area contributed by atoms with Crippen LogP contribution in [0.2, 0.25) is 0 Å². The van der Waals surface area contributed by atoms with Gasteiger partial charge in [-0.05, 0) is 6.92 Å². The van der Waals surface area contributed by atoms with E-state index in [0.29, 0.717) is 6.42 Å². The molecule has 3 atom stereocenters. The van der Waals surface area contributed by atoms with E-state index in [0.717, 1.165) is 0 Å². The summed E-state index contributed by atoms with van der Waals surface area (Å²) >= 11 is 0. The summed E-state index contributed by atoms with van der Waals surface area (Å²) in [4.78, 5) is 0. The van der Waals surface area contributed by atoms with E-state index >= 15 is 0 Å². The van der Waals surface area contributed by atoms with Crippen LogP contribution in [-0.4, -0.2) is 35.1 Å². The van der Waals surface area contributed by atoms with Gasteiger partial charge in [-0.15, -0.1) is 0 Å². The topological polar surface area (TPSA) is 49.7 Å². The first-order valence-corrected chi connectivity index (χ1v) is 4.18. The predicted octanol–water partition coefficient (Wildman–Crippen LogP) is 0.543. The van der Waals surface area contributed by atoms with Crippen LogP contribution in [0.5, 0.6) is 0 Å². The minimum absolute atomic E-state index is 0.0865. The van der Waals surface area contributed by atoms with Crippen molar-refractivity contribution in [1.82, 2.24) is 0 Å². The first-order chi connectivity index (χ1) is 5.20. The molecule has 2 N–H and O–H groups in total. The summed E-state index contributed by atoms with van der Waals surface area (Å²) in [5.41, 5.74) is 0. The first-order valence-electron chi connectivity index (χ1n) is 4.18. The monoisotopic (exact) mass is 162 g/mol. The number of hydrogen-bond acceptors (Lipinski definition) is 3. The van der Waals surface area contributed by atoms with Gasteiger partial charge in [0, 0.05) is 6.42 Å².